The van der Waals surface area contributed by atoms with Gasteiger partial charge in [0.25, 0.3) is 5.91 Å². The lowest BCUT2D eigenvalue weighted by atomic mass is 9.94. The molecule has 0 spiro atoms. The van der Waals surface area contributed by atoms with Crippen molar-refractivity contribution >= 4 is 11.9 Å². The molecule has 0 bridgehead atoms. The molecular weight excluding hydrogens is 206 g/mol. The molecule has 0 atom stereocenters. The predicted molar refractivity (Wildman–Crippen MR) is 63.0 cm³/mol. The largest absolute Gasteiger partial charge is 0.449 e. The summed E-state index contributed by atoms with van der Waals surface area (Å²) in [7, 11) is 0. The van der Waals surface area contributed by atoms with Crippen molar-refractivity contribution < 1.29 is 14.3 Å². The molecule has 0 rings (SSSR count). The molecule has 0 aliphatic rings. The molecular formula is C12H23NO3. The molecule has 0 fully saturated rings. The molecule has 0 aromatic carbocycles. The molecule has 0 aromatic rings. The summed E-state index contributed by atoms with van der Waals surface area (Å²) in [6.07, 6.45) is 0.954. The second-order valence-electron chi connectivity index (χ2n) is 5.00. The molecule has 0 aliphatic carbocycles. The van der Waals surface area contributed by atoms with E-state index in [9.17, 15) is 9.59 Å². The van der Waals surface area contributed by atoms with Gasteiger partial charge in [-0.15, -0.1) is 0 Å². The van der Waals surface area contributed by atoms with Gasteiger partial charge in [-0.2, -0.15) is 0 Å². The molecule has 0 aliphatic heterocycles. The Morgan fingerprint density at radius 2 is 1.56 bits per heavy atom. The molecule has 4 heteroatoms. The normalized spacial score (nSPS) is 12.1. The summed E-state index contributed by atoms with van der Waals surface area (Å²) in [5.41, 5.74) is -1.36. The molecule has 16 heavy (non-hydrogen) atoms. The number of carbonyl (C=O) groups is 2. The van der Waals surface area contributed by atoms with Gasteiger partial charge in [-0.3, -0.25) is 9.59 Å². The monoisotopic (exact) mass is 229 g/mol. The molecule has 1 amide bonds. The molecule has 1 N–H and O–H groups in total. The predicted octanol–water partition coefficient (Wildman–Crippen LogP) is 2.02. The summed E-state index contributed by atoms with van der Waals surface area (Å²) >= 11 is 0. The van der Waals surface area contributed by atoms with Gasteiger partial charge in [0.1, 0.15) is 0 Å². The smallest absolute Gasteiger partial charge is 0.303 e. The van der Waals surface area contributed by atoms with E-state index in [0.717, 1.165) is 0 Å². The van der Waals surface area contributed by atoms with E-state index in [1.54, 1.807) is 0 Å². The molecule has 94 valence electrons. The van der Waals surface area contributed by atoms with E-state index in [0.29, 0.717) is 12.8 Å². The van der Waals surface area contributed by atoms with Gasteiger partial charge in [-0.25, -0.2) is 0 Å². The maximum atomic E-state index is 12.1. The molecule has 0 unspecified atom stereocenters. The maximum absolute atomic E-state index is 12.1. The minimum atomic E-state index is -1.03. The van der Waals surface area contributed by atoms with Gasteiger partial charge in [0.15, 0.2) is 5.60 Å². The SMILES string of the molecule is CCC(CC)(OC(C)=O)C(=O)NC(C)(C)C. The van der Waals surface area contributed by atoms with E-state index in [-0.39, 0.29) is 11.4 Å². The molecule has 4 nitrogen and oxygen atoms in total. The number of rotatable bonds is 4. The zero-order valence-electron chi connectivity index (χ0n) is 11.1. The number of ether oxygens (including phenoxy) is 1. The summed E-state index contributed by atoms with van der Waals surface area (Å²) in [4.78, 5) is 23.1. The van der Waals surface area contributed by atoms with Crippen LogP contribution in [0, 0.1) is 0 Å². The van der Waals surface area contributed by atoms with Gasteiger partial charge in [0, 0.05) is 12.5 Å². The van der Waals surface area contributed by atoms with Crippen LogP contribution in [0.15, 0.2) is 0 Å². The van der Waals surface area contributed by atoms with E-state index in [4.69, 9.17) is 4.74 Å². The molecule has 0 saturated carbocycles. The fourth-order valence-corrected chi connectivity index (χ4v) is 1.49. The number of hydrogen-bond acceptors (Lipinski definition) is 3. The number of esters is 1. The summed E-state index contributed by atoms with van der Waals surface area (Å²) in [5.74, 6) is -0.645. The van der Waals surface area contributed by atoms with Gasteiger partial charge in [0.2, 0.25) is 0 Å². The quantitative estimate of drug-likeness (QED) is 0.750. The Bertz CT molecular complexity index is 262. The zero-order valence-corrected chi connectivity index (χ0v) is 11.1. The fourth-order valence-electron chi connectivity index (χ4n) is 1.49. The third kappa shape index (κ3) is 4.21. The second kappa shape index (κ2) is 5.32. The Morgan fingerprint density at radius 3 is 1.81 bits per heavy atom. The van der Waals surface area contributed by atoms with Gasteiger partial charge < -0.3 is 10.1 Å². The number of nitrogens with one attached hydrogen (secondary N) is 1. The maximum Gasteiger partial charge on any atom is 0.303 e. The van der Waals surface area contributed by atoms with Crippen LogP contribution in [0.25, 0.3) is 0 Å². The van der Waals surface area contributed by atoms with Crippen molar-refractivity contribution in [1.82, 2.24) is 5.32 Å². The van der Waals surface area contributed by atoms with Crippen LogP contribution in [-0.4, -0.2) is 23.0 Å². The Kier molecular flexibility index (Phi) is 4.97. The summed E-state index contributed by atoms with van der Waals surface area (Å²) in [6.45, 7) is 10.7. The van der Waals surface area contributed by atoms with Crippen LogP contribution in [0.2, 0.25) is 0 Å². The van der Waals surface area contributed by atoms with E-state index in [2.05, 4.69) is 5.32 Å². The summed E-state index contributed by atoms with van der Waals surface area (Å²) in [6, 6.07) is 0. The van der Waals surface area contributed by atoms with Crippen molar-refractivity contribution in [3.63, 3.8) is 0 Å². The molecule has 0 aromatic heterocycles. The highest BCUT2D eigenvalue weighted by atomic mass is 16.6. The Labute approximate surface area is 97.7 Å². The standard InChI is InChI=1S/C12H23NO3/c1-7-12(8-2,16-9(3)14)10(15)13-11(4,5)6/h7-8H2,1-6H3,(H,13,15). The third-order valence-electron chi connectivity index (χ3n) is 2.38. The average Bonchev–Trinajstić information content (AvgIpc) is 2.11. The van der Waals surface area contributed by atoms with Crippen LogP contribution in [0.3, 0.4) is 0 Å². The number of amides is 1. The minimum Gasteiger partial charge on any atom is -0.449 e. The molecule has 0 saturated heterocycles. The third-order valence-corrected chi connectivity index (χ3v) is 2.38. The van der Waals surface area contributed by atoms with Crippen LogP contribution in [0.1, 0.15) is 54.4 Å². The van der Waals surface area contributed by atoms with Crippen molar-refractivity contribution in [3.8, 4) is 0 Å². The Balaban J connectivity index is 4.89. The van der Waals surface area contributed by atoms with E-state index in [1.165, 1.54) is 6.92 Å². The first-order valence-electron chi connectivity index (χ1n) is 5.69. The van der Waals surface area contributed by atoms with Crippen LogP contribution >= 0.6 is 0 Å². The zero-order chi connectivity index (χ0) is 13.0. The van der Waals surface area contributed by atoms with Crippen molar-refractivity contribution in [1.29, 1.82) is 0 Å². The Hall–Kier alpha value is -1.06. The van der Waals surface area contributed by atoms with Crippen LogP contribution in [0.4, 0.5) is 0 Å². The molecule has 0 radical (unpaired) electrons. The van der Waals surface area contributed by atoms with E-state index in [1.807, 2.05) is 34.6 Å². The minimum absolute atomic E-state index is 0.222. The second-order valence-corrected chi connectivity index (χ2v) is 5.00. The van der Waals surface area contributed by atoms with E-state index >= 15 is 0 Å². The van der Waals surface area contributed by atoms with Gasteiger partial charge in [0.05, 0.1) is 0 Å². The lowest BCUT2D eigenvalue weighted by molar-refractivity contribution is -0.168. The van der Waals surface area contributed by atoms with Crippen molar-refractivity contribution in [2.45, 2.75) is 65.5 Å². The highest BCUT2D eigenvalue weighted by molar-refractivity contribution is 5.88. The highest BCUT2D eigenvalue weighted by Gasteiger charge is 2.39. The fraction of sp³-hybridized carbons (Fsp3) is 0.833. The topological polar surface area (TPSA) is 55.4 Å². The Morgan fingerprint density at radius 1 is 1.12 bits per heavy atom. The summed E-state index contributed by atoms with van der Waals surface area (Å²) < 4.78 is 5.19. The lowest BCUT2D eigenvalue weighted by Crippen LogP contribution is -2.54. The van der Waals surface area contributed by atoms with Crippen LogP contribution in [0.5, 0.6) is 0 Å². The highest BCUT2D eigenvalue weighted by Crippen LogP contribution is 2.22. The lowest BCUT2D eigenvalue weighted by Gasteiger charge is -2.33. The average molecular weight is 229 g/mol. The van der Waals surface area contributed by atoms with Crippen LogP contribution < -0.4 is 5.32 Å². The first-order valence-corrected chi connectivity index (χ1v) is 5.69. The number of hydrogen-bond donors (Lipinski definition) is 1. The van der Waals surface area contributed by atoms with Crippen LogP contribution in [-0.2, 0) is 14.3 Å². The summed E-state index contributed by atoms with van der Waals surface area (Å²) in [5, 5.41) is 2.85. The van der Waals surface area contributed by atoms with Gasteiger partial charge in [-0.1, -0.05) is 13.8 Å². The number of carbonyl (C=O) groups excluding carboxylic acids is 2. The first kappa shape index (κ1) is 14.9. The van der Waals surface area contributed by atoms with E-state index < -0.39 is 11.6 Å². The first-order chi connectivity index (χ1) is 7.17. The van der Waals surface area contributed by atoms with Crippen molar-refractivity contribution in [2.24, 2.45) is 0 Å². The van der Waals surface area contributed by atoms with Crippen molar-refractivity contribution in [2.75, 3.05) is 0 Å². The van der Waals surface area contributed by atoms with Gasteiger partial charge >= 0.3 is 5.97 Å². The molecule has 0 heterocycles. The van der Waals surface area contributed by atoms with Gasteiger partial charge in [-0.05, 0) is 33.6 Å². The van der Waals surface area contributed by atoms with Crippen molar-refractivity contribution in [3.05, 3.63) is 0 Å².